The Balaban J connectivity index is 1.49. The van der Waals surface area contributed by atoms with E-state index in [-0.39, 0.29) is 11.7 Å². The fourth-order valence-electron chi connectivity index (χ4n) is 3.75. The number of rotatable bonds is 7. The molecular formula is C22H25ClN4OS2. The highest BCUT2D eigenvalue weighted by atomic mass is 35.5. The number of fused-ring (bicyclic) bond motifs is 1. The van der Waals surface area contributed by atoms with Crippen molar-refractivity contribution in [3.8, 4) is 11.4 Å². The predicted octanol–water partition coefficient (Wildman–Crippen LogP) is 5.93. The topological polar surface area (TPSA) is 59.8 Å². The molecule has 1 N–H and O–H groups in total. The lowest BCUT2D eigenvalue weighted by molar-refractivity contribution is -0.113. The van der Waals surface area contributed by atoms with Crippen LogP contribution in [-0.2, 0) is 24.2 Å². The van der Waals surface area contributed by atoms with E-state index < -0.39 is 0 Å². The number of thiophene rings is 1. The predicted molar refractivity (Wildman–Crippen MR) is 126 cm³/mol. The van der Waals surface area contributed by atoms with Gasteiger partial charge in [0.2, 0.25) is 5.91 Å². The highest BCUT2D eigenvalue weighted by molar-refractivity contribution is 7.99. The third-order valence-electron chi connectivity index (χ3n) is 5.27. The first kappa shape index (κ1) is 21.4. The standard InChI is InChI=1S/C22H25ClN4OS2/c1-3-10-27-21(18-12-29-19-11-14(2)4-9-17(18)19)25-26-22(27)30-13-20(28)24-16-7-5-15(23)6-8-16/h5-8,12,14H,3-4,9-11,13H2,1-2H3,(H,24,28). The molecule has 0 fully saturated rings. The van der Waals surface area contributed by atoms with Gasteiger partial charge in [-0.15, -0.1) is 21.5 Å². The monoisotopic (exact) mass is 460 g/mol. The average Bonchev–Trinajstić information content (AvgIpc) is 3.32. The smallest absolute Gasteiger partial charge is 0.234 e. The first-order valence-corrected chi connectivity index (χ1v) is 12.5. The summed E-state index contributed by atoms with van der Waals surface area (Å²) in [6, 6.07) is 7.11. The highest BCUT2D eigenvalue weighted by Gasteiger charge is 2.24. The molecule has 5 nitrogen and oxygen atoms in total. The van der Waals surface area contributed by atoms with Crippen LogP contribution in [0.1, 0.15) is 37.1 Å². The van der Waals surface area contributed by atoms with E-state index >= 15 is 0 Å². The molecule has 0 saturated carbocycles. The number of nitrogens with one attached hydrogen (secondary N) is 1. The van der Waals surface area contributed by atoms with Crippen LogP contribution in [0.2, 0.25) is 5.02 Å². The van der Waals surface area contributed by atoms with Gasteiger partial charge < -0.3 is 9.88 Å². The molecule has 1 unspecified atom stereocenters. The SMILES string of the molecule is CCCn1c(SCC(=O)Nc2ccc(Cl)cc2)nnc1-c1csc2c1CCC(C)C2. The van der Waals surface area contributed by atoms with Crippen molar-refractivity contribution in [1.29, 1.82) is 0 Å². The van der Waals surface area contributed by atoms with Crippen LogP contribution in [-0.4, -0.2) is 26.4 Å². The number of benzene rings is 1. The third-order valence-corrected chi connectivity index (χ3v) is 7.54. The van der Waals surface area contributed by atoms with E-state index in [1.54, 1.807) is 24.3 Å². The zero-order chi connectivity index (χ0) is 21.1. The molecule has 158 valence electrons. The summed E-state index contributed by atoms with van der Waals surface area (Å²) in [5.74, 6) is 1.90. The van der Waals surface area contributed by atoms with Crippen molar-refractivity contribution < 1.29 is 4.79 Å². The van der Waals surface area contributed by atoms with E-state index in [0.29, 0.717) is 5.02 Å². The summed E-state index contributed by atoms with van der Waals surface area (Å²) in [6.07, 6.45) is 4.48. The van der Waals surface area contributed by atoms with Crippen LogP contribution in [0.5, 0.6) is 0 Å². The van der Waals surface area contributed by atoms with Gasteiger partial charge in [-0.25, -0.2) is 0 Å². The van der Waals surface area contributed by atoms with E-state index in [4.69, 9.17) is 11.6 Å². The Hall–Kier alpha value is -1.83. The molecule has 1 aliphatic carbocycles. The molecule has 1 amide bonds. The summed E-state index contributed by atoms with van der Waals surface area (Å²) >= 11 is 9.17. The largest absolute Gasteiger partial charge is 0.325 e. The zero-order valence-corrected chi connectivity index (χ0v) is 19.5. The Morgan fingerprint density at radius 3 is 2.90 bits per heavy atom. The number of aromatic nitrogens is 3. The van der Waals surface area contributed by atoms with Crippen molar-refractivity contribution in [2.75, 3.05) is 11.1 Å². The second kappa shape index (κ2) is 9.54. The molecule has 0 aliphatic heterocycles. The van der Waals surface area contributed by atoms with Crippen LogP contribution in [0.4, 0.5) is 5.69 Å². The third kappa shape index (κ3) is 4.74. The van der Waals surface area contributed by atoms with Gasteiger partial charge in [0.15, 0.2) is 11.0 Å². The summed E-state index contributed by atoms with van der Waals surface area (Å²) in [5.41, 5.74) is 3.40. The lowest BCUT2D eigenvalue weighted by Gasteiger charge is -2.19. The molecule has 30 heavy (non-hydrogen) atoms. The number of anilines is 1. The van der Waals surface area contributed by atoms with E-state index in [1.807, 2.05) is 11.3 Å². The number of thioether (sulfide) groups is 1. The Morgan fingerprint density at radius 2 is 2.13 bits per heavy atom. The Morgan fingerprint density at radius 1 is 1.33 bits per heavy atom. The highest BCUT2D eigenvalue weighted by Crippen LogP contribution is 2.38. The molecule has 1 aromatic carbocycles. The van der Waals surface area contributed by atoms with Crippen molar-refractivity contribution in [3.63, 3.8) is 0 Å². The van der Waals surface area contributed by atoms with Gasteiger partial charge in [0.05, 0.1) is 5.75 Å². The fourth-order valence-corrected chi connectivity index (χ4v) is 5.88. The van der Waals surface area contributed by atoms with Crippen molar-refractivity contribution in [1.82, 2.24) is 14.8 Å². The first-order valence-electron chi connectivity index (χ1n) is 10.3. The second-order valence-electron chi connectivity index (χ2n) is 7.70. The van der Waals surface area contributed by atoms with E-state index in [0.717, 1.165) is 48.4 Å². The van der Waals surface area contributed by atoms with Crippen LogP contribution in [0, 0.1) is 5.92 Å². The van der Waals surface area contributed by atoms with Crippen LogP contribution in [0.15, 0.2) is 34.8 Å². The van der Waals surface area contributed by atoms with Gasteiger partial charge in [0.25, 0.3) is 0 Å². The molecular weight excluding hydrogens is 436 g/mol. The minimum atomic E-state index is -0.0724. The minimum absolute atomic E-state index is 0.0724. The average molecular weight is 461 g/mol. The molecule has 2 aromatic heterocycles. The van der Waals surface area contributed by atoms with Gasteiger partial charge in [-0.3, -0.25) is 4.79 Å². The normalized spacial score (nSPS) is 15.8. The Labute approximate surface area is 190 Å². The van der Waals surface area contributed by atoms with Gasteiger partial charge >= 0.3 is 0 Å². The molecule has 0 bridgehead atoms. The molecule has 3 aromatic rings. The van der Waals surface area contributed by atoms with Crippen LogP contribution in [0.25, 0.3) is 11.4 Å². The Kier molecular flexibility index (Phi) is 6.80. The van der Waals surface area contributed by atoms with Crippen LogP contribution in [0.3, 0.4) is 0 Å². The molecule has 0 saturated heterocycles. The summed E-state index contributed by atoms with van der Waals surface area (Å²) in [5, 5.41) is 15.5. The van der Waals surface area contributed by atoms with Crippen molar-refractivity contribution >= 4 is 46.3 Å². The first-order chi connectivity index (χ1) is 14.5. The summed E-state index contributed by atoms with van der Waals surface area (Å²) in [7, 11) is 0. The summed E-state index contributed by atoms with van der Waals surface area (Å²) < 4.78 is 2.17. The van der Waals surface area contributed by atoms with Gasteiger partial charge in [0, 0.05) is 33.1 Å². The van der Waals surface area contributed by atoms with E-state index in [9.17, 15) is 4.79 Å². The van der Waals surface area contributed by atoms with Gasteiger partial charge in [-0.2, -0.15) is 0 Å². The Bertz CT molecular complexity index is 1030. The summed E-state index contributed by atoms with van der Waals surface area (Å²) in [6.45, 7) is 5.31. The van der Waals surface area contributed by atoms with Gasteiger partial charge in [-0.1, -0.05) is 37.2 Å². The zero-order valence-electron chi connectivity index (χ0n) is 17.2. The van der Waals surface area contributed by atoms with Crippen LogP contribution < -0.4 is 5.32 Å². The van der Waals surface area contributed by atoms with Crippen molar-refractivity contribution in [3.05, 3.63) is 45.1 Å². The van der Waals surface area contributed by atoms with Crippen molar-refractivity contribution in [2.45, 2.75) is 51.2 Å². The molecule has 0 radical (unpaired) electrons. The maximum atomic E-state index is 12.4. The number of hydrogen-bond acceptors (Lipinski definition) is 5. The second-order valence-corrected chi connectivity index (χ2v) is 10.0. The number of halogens is 1. The van der Waals surface area contributed by atoms with Gasteiger partial charge in [0.1, 0.15) is 0 Å². The minimum Gasteiger partial charge on any atom is -0.325 e. The lowest BCUT2D eigenvalue weighted by atomic mass is 9.88. The van der Waals surface area contributed by atoms with E-state index in [2.05, 4.69) is 39.3 Å². The van der Waals surface area contributed by atoms with Gasteiger partial charge in [-0.05, 0) is 61.4 Å². The van der Waals surface area contributed by atoms with Crippen molar-refractivity contribution in [2.24, 2.45) is 5.92 Å². The lowest BCUT2D eigenvalue weighted by Crippen LogP contribution is -2.14. The number of nitrogens with zero attached hydrogens (tertiary/aromatic N) is 3. The molecule has 4 rings (SSSR count). The maximum Gasteiger partial charge on any atom is 0.234 e. The number of hydrogen-bond donors (Lipinski definition) is 1. The fraction of sp³-hybridized carbons (Fsp3) is 0.409. The molecule has 8 heteroatoms. The molecule has 1 aliphatic rings. The summed E-state index contributed by atoms with van der Waals surface area (Å²) in [4.78, 5) is 13.9. The molecule has 2 heterocycles. The molecule has 1 atom stereocenters. The molecule has 0 spiro atoms. The number of carbonyl (C=O) groups is 1. The van der Waals surface area contributed by atoms with Crippen LogP contribution >= 0.6 is 34.7 Å². The quantitative estimate of drug-likeness (QED) is 0.444. The number of carbonyl (C=O) groups excluding carboxylic acids is 1. The maximum absolute atomic E-state index is 12.4. The number of amides is 1. The van der Waals surface area contributed by atoms with E-state index in [1.165, 1.54) is 34.2 Å².